The number of carboxylic acid groups (broad SMARTS) is 1. The molecule has 52 valence electrons. The molecule has 5 N–H and O–H groups in total. The van der Waals surface area contributed by atoms with Crippen LogP contribution in [0.25, 0.3) is 0 Å². The van der Waals surface area contributed by atoms with Crippen LogP contribution in [0, 0.1) is 0 Å². The van der Waals surface area contributed by atoms with Crippen LogP contribution in [-0.2, 0) is 9.59 Å². The lowest BCUT2D eigenvalue weighted by Crippen LogP contribution is -2.55. The third kappa shape index (κ3) is 1.39. The average Bonchev–Trinajstić information content (AvgIpc) is 1.65. The second-order valence-electron chi connectivity index (χ2n) is 1.87. The minimum atomic E-state index is -1.94. The molecule has 9 heavy (non-hydrogen) atoms. The molecule has 0 unspecified atom stereocenters. The van der Waals surface area contributed by atoms with Crippen molar-refractivity contribution >= 4 is 11.9 Å². The Kier molecular flexibility index (Phi) is 1.77. The van der Waals surface area contributed by atoms with E-state index in [1.807, 2.05) is 0 Å². The van der Waals surface area contributed by atoms with Gasteiger partial charge in [0, 0.05) is 0 Å². The molecule has 0 aromatic carbocycles. The van der Waals surface area contributed by atoms with Crippen molar-refractivity contribution in [2.45, 2.75) is 12.5 Å². The van der Waals surface area contributed by atoms with Gasteiger partial charge < -0.3 is 16.6 Å². The van der Waals surface area contributed by atoms with Crippen LogP contribution >= 0.6 is 0 Å². The zero-order valence-electron chi connectivity index (χ0n) is 4.92. The van der Waals surface area contributed by atoms with Gasteiger partial charge in [-0.15, -0.1) is 0 Å². The highest BCUT2D eigenvalue weighted by Gasteiger charge is 2.34. The number of nitrogens with two attached hydrogens (primary N) is 2. The van der Waals surface area contributed by atoms with Crippen LogP contribution in [0.1, 0.15) is 6.92 Å². The molecule has 0 rings (SSSR count). The molecule has 0 aromatic rings. The smallest absolute Gasteiger partial charge is 0.333 e. The van der Waals surface area contributed by atoms with E-state index in [9.17, 15) is 9.59 Å². The fraction of sp³-hybridized carbons (Fsp3) is 0.500. The Morgan fingerprint density at radius 2 is 1.89 bits per heavy atom. The van der Waals surface area contributed by atoms with E-state index in [1.54, 1.807) is 0 Å². The topological polar surface area (TPSA) is 106 Å². The number of hydrogen-bond donors (Lipinski definition) is 3. The summed E-state index contributed by atoms with van der Waals surface area (Å²) in [4.78, 5) is 20.2. The summed E-state index contributed by atoms with van der Waals surface area (Å²) in [6.07, 6.45) is 0. The second kappa shape index (κ2) is 2.02. The first-order valence-corrected chi connectivity index (χ1v) is 2.21. The number of carbonyl (C=O) groups excluding carboxylic acids is 1. The molecule has 1 amide bonds. The summed E-state index contributed by atoms with van der Waals surface area (Å²) < 4.78 is 0. The second-order valence-corrected chi connectivity index (χ2v) is 1.87. The number of aliphatic carboxylic acids is 1. The Hall–Kier alpha value is -1.10. The summed E-state index contributed by atoms with van der Waals surface area (Å²) in [6.45, 7) is 1.04. The quantitative estimate of drug-likeness (QED) is 0.388. The predicted octanol–water partition coefficient (Wildman–Crippen LogP) is -1.73. The van der Waals surface area contributed by atoms with Gasteiger partial charge in [0.25, 0.3) is 0 Å². The predicted molar refractivity (Wildman–Crippen MR) is 29.4 cm³/mol. The maximum atomic E-state index is 10.2. The highest BCUT2D eigenvalue weighted by Crippen LogP contribution is 1.95. The molecule has 0 spiro atoms. The summed E-state index contributed by atoms with van der Waals surface area (Å²) in [7, 11) is 0. The summed E-state index contributed by atoms with van der Waals surface area (Å²) in [6, 6.07) is 0. The highest BCUT2D eigenvalue weighted by atomic mass is 16.4. The Bertz CT molecular complexity index is 136. The standard InChI is InChI=1S/C4H8N2O3/c1-4(6,2(5)7)3(8)9/h6H2,1H3,(H2,5,7)(H,8,9)/t4-/m1/s1. The van der Waals surface area contributed by atoms with Gasteiger partial charge in [0.15, 0.2) is 5.54 Å². The first-order chi connectivity index (χ1) is 3.89. The number of amides is 1. The van der Waals surface area contributed by atoms with Crippen LogP contribution < -0.4 is 11.5 Å². The molecule has 0 aromatic heterocycles. The van der Waals surface area contributed by atoms with Gasteiger partial charge in [-0.25, -0.2) is 4.79 Å². The molecule has 0 fully saturated rings. The maximum absolute atomic E-state index is 10.2. The molecule has 5 heteroatoms. The largest absolute Gasteiger partial charge is 0.479 e. The van der Waals surface area contributed by atoms with Crippen LogP contribution in [0.15, 0.2) is 0 Å². The van der Waals surface area contributed by atoms with Crippen molar-refractivity contribution in [3.05, 3.63) is 0 Å². The number of rotatable bonds is 2. The van der Waals surface area contributed by atoms with Crippen molar-refractivity contribution in [3.63, 3.8) is 0 Å². The molecule has 0 aliphatic carbocycles. The van der Waals surface area contributed by atoms with E-state index >= 15 is 0 Å². The first-order valence-electron chi connectivity index (χ1n) is 2.21. The Labute approximate surface area is 51.6 Å². The normalized spacial score (nSPS) is 16.2. The highest BCUT2D eigenvalue weighted by molar-refractivity contribution is 6.05. The lowest BCUT2D eigenvalue weighted by Gasteiger charge is -2.12. The van der Waals surface area contributed by atoms with Crippen LogP contribution in [0.2, 0.25) is 0 Å². The van der Waals surface area contributed by atoms with Crippen LogP contribution in [-0.4, -0.2) is 22.5 Å². The minimum Gasteiger partial charge on any atom is -0.479 e. The molecule has 0 saturated heterocycles. The molecular weight excluding hydrogens is 124 g/mol. The molecule has 5 nitrogen and oxygen atoms in total. The van der Waals surface area contributed by atoms with Crippen LogP contribution in [0.4, 0.5) is 0 Å². The fourth-order valence-corrected chi connectivity index (χ4v) is 0.105. The molecule has 0 heterocycles. The van der Waals surface area contributed by atoms with Gasteiger partial charge in [-0.1, -0.05) is 0 Å². The summed E-state index contributed by atoms with van der Waals surface area (Å²) in [5.41, 5.74) is 7.61. The molecule has 1 atom stereocenters. The molecular formula is C4H8N2O3. The van der Waals surface area contributed by atoms with Gasteiger partial charge in [-0.05, 0) is 6.92 Å². The number of primary amides is 1. The Morgan fingerprint density at radius 3 is 1.89 bits per heavy atom. The lowest BCUT2D eigenvalue weighted by molar-refractivity contribution is -0.147. The van der Waals surface area contributed by atoms with Crippen molar-refractivity contribution in [2.24, 2.45) is 11.5 Å². The third-order valence-electron chi connectivity index (χ3n) is 0.956. The zero-order valence-corrected chi connectivity index (χ0v) is 4.92. The van der Waals surface area contributed by atoms with E-state index in [4.69, 9.17) is 10.8 Å². The van der Waals surface area contributed by atoms with E-state index < -0.39 is 17.4 Å². The van der Waals surface area contributed by atoms with Gasteiger partial charge in [-0.2, -0.15) is 0 Å². The SMILES string of the molecule is C[C@@](N)(C(N)=O)C(=O)O. The van der Waals surface area contributed by atoms with E-state index in [2.05, 4.69) is 5.73 Å². The fourth-order valence-electron chi connectivity index (χ4n) is 0.105. The maximum Gasteiger partial charge on any atom is 0.333 e. The van der Waals surface area contributed by atoms with Crippen molar-refractivity contribution in [1.82, 2.24) is 0 Å². The van der Waals surface area contributed by atoms with Gasteiger partial charge in [0.05, 0.1) is 0 Å². The minimum absolute atomic E-state index is 1.04. The van der Waals surface area contributed by atoms with E-state index in [0.717, 1.165) is 6.92 Å². The lowest BCUT2D eigenvalue weighted by atomic mass is 10.1. The summed E-state index contributed by atoms with van der Waals surface area (Å²) in [5.74, 6) is -2.47. The van der Waals surface area contributed by atoms with Gasteiger partial charge in [0.2, 0.25) is 5.91 Å². The molecule has 0 saturated carbocycles. The Morgan fingerprint density at radius 1 is 1.56 bits per heavy atom. The van der Waals surface area contributed by atoms with Crippen LogP contribution in [0.3, 0.4) is 0 Å². The molecule has 0 radical (unpaired) electrons. The third-order valence-corrected chi connectivity index (χ3v) is 0.956. The van der Waals surface area contributed by atoms with Gasteiger partial charge >= 0.3 is 5.97 Å². The Balaban J connectivity index is 4.38. The summed E-state index contributed by atoms with van der Waals surface area (Å²) >= 11 is 0. The van der Waals surface area contributed by atoms with E-state index in [-0.39, 0.29) is 0 Å². The summed E-state index contributed by atoms with van der Waals surface area (Å²) in [5, 5.41) is 8.19. The number of carboxylic acids is 1. The molecule has 0 bridgehead atoms. The number of carbonyl (C=O) groups is 2. The molecule has 0 aliphatic heterocycles. The van der Waals surface area contributed by atoms with Crippen molar-refractivity contribution in [3.8, 4) is 0 Å². The number of hydrogen-bond acceptors (Lipinski definition) is 3. The zero-order chi connectivity index (χ0) is 7.65. The van der Waals surface area contributed by atoms with Crippen molar-refractivity contribution in [2.75, 3.05) is 0 Å². The van der Waals surface area contributed by atoms with Gasteiger partial charge in [-0.3, -0.25) is 4.79 Å². The van der Waals surface area contributed by atoms with Gasteiger partial charge in [0.1, 0.15) is 0 Å². The van der Waals surface area contributed by atoms with Crippen LogP contribution in [0.5, 0.6) is 0 Å². The van der Waals surface area contributed by atoms with Crippen molar-refractivity contribution in [1.29, 1.82) is 0 Å². The first kappa shape index (κ1) is 7.90. The average molecular weight is 132 g/mol. The van der Waals surface area contributed by atoms with E-state index in [0.29, 0.717) is 0 Å². The molecule has 0 aliphatic rings. The van der Waals surface area contributed by atoms with E-state index in [1.165, 1.54) is 0 Å². The van der Waals surface area contributed by atoms with Crippen molar-refractivity contribution < 1.29 is 14.7 Å². The monoisotopic (exact) mass is 132 g/mol.